The molecule has 3 N–H and O–H groups in total. The molecule has 1 aromatic rings. The molecule has 1 saturated heterocycles. The van der Waals surface area contributed by atoms with Crippen LogP contribution in [0.1, 0.15) is 10.4 Å². The monoisotopic (exact) mass is 313 g/mol. The number of nitrogens with zero attached hydrogens (tertiary/aromatic N) is 1. The van der Waals surface area contributed by atoms with E-state index in [0.29, 0.717) is 17.4 Å². The number of nitrogens with two attached hydrogens (primary N) is 1. The summed E-state index contributed by atoms with van der Waals surface area (Å²) in [6, 6.07) is 4.03. The highest BCUT2D eigenvalue weighted by molar-refractivity contribution is 8.06. The van der Waals surface area contributed by atoms with Crippen LogP contribution in [-0.2, 0) is 0 Å². The summed E-state index contributed by atoms with van der Waals surface area (Å²) in [6.45, 7) is 0.605. The molecule has 20 heavy (non-hydrogen) atoms. The zero-order chi connectivity index (χ0) is 14.5. The van der Waals surface area contributed by atoms with Crippen LogP contribution >= 0.6 is 23.5 Å². The zero-order valence-corrected chi connectivity index (χ0v) is 12.3. The molecule has 2 rings (SSSR count). The van der Waals surface area contributed by atoms with Gasteiger partial charge in [-0.2, -0.15) is 23.5 Å². The van der Waals surface area contributed by atoms with Gasteiger partial charge in [-0.15, -0.1) is 0 Å². The SMILES string of the molecule is Nc1cc(C(=O)NCC2CSCCS2)ccc1[N+](=O)[O-]. The summed E-state index contributed by atoms with van der Waals surface area (Å²) in [6.07, 6.45) is 0. The smallest absolute Gasteiger partial charge is 0.292 e. The third-order valence-electron chi connectivity index (χ3n) is 2.86. The van der Waals surface area contributed by atoms with Gasteiger partial charge in [0.2, 0.25) is 0 Å². The Morgan fingerprint density at radius 3 is 2.90 bits per heavy atom. The van der Waals surface area contributed by atoms with Crippen molar-refractivity contribution in [2.45, 2.75) is 5.25 Å². The molecule has 1 amide bonds. The Kier molecular flexibility index (Phi) is 5.13. The summed E-state index contributed by atoms with van der Waals surface area (Å²) in [5.74, 6) is 3.06. The normalized spacial score (nSPS) is 18.5. The number of benzene rings is 1. The summed E-state index contributed by atoms with van der Waals surface area (Å²) in [7, 11) is 0. The third-order valence-corrected chi connectivity index (χ3v) is 5.71. The number of amides is 1. The van der Waals surface area contributed by atoms with Gasteiger partial charge in [0, 0.05) is 40.7 Å². The number of nitrogen functional groups attached to an aromatic ring is 1. The number of rotatable bonds is 4. The van der Waals surface area contributed by atoms with Crippen LogP contribution in [-0.4, -0.2) is 39.9 Å². The predicted molar refractivity (Wildman–Crippen MR) is 83.4 cm³/mol. The maximum atomic E-state index is 12.0. The van der Waals surface area contributed by atoms with Gasteiger partial charge in [0.05, 0.1) is 4.92 Å². The van der Waals surface area contributed by atoms with E-state index >= 15 is 0 Å². The molecule has 1 atom stereocenters. The highest BCUT2D eigenvalue weighted by Gasteiger charge is 2.17. The molecule has 0 radical (unpaired) electrons. The Bertz CT molecular complexity index is 519. The molecule has 1 heterocycles. The van der Waals surface area contributed by atoms with E-state index in [0.717, 1.165) is 17.3 Å². The Labute approximate surface area is 125 Å². The molecule has 0 saturated carbocycles. The fraction of sp³-hybridized carbons (Fsp3) is 0.417. The lowest BCUT2D eigenvalue weighted by atomic mass is 10.1. The number of hydrogen-bond donors (Lipinski definition) is 2. The quantitative estimate of drug-likeness (QED) is 0.499. The lowest BCUT2D eigenvalue weighted by Gasteiger charge is -2.21. The van der Waals surface area contributed by atoms with Crippen molar-refractivity contribution in [1.29, 1.82) is 0 Å². The molecule has 0 aliphatic carbocycles. The van der Waals surface area contributed by atoms with E-state index in [1.165, 1.54) is 18.2 Å². The first-order chi connectivity index (χ1) is 9.58. The second kappa shape index (κ2) is 6.85. The molecule has 1 unspecified atom stereocenters. The number of hydrogen-bond acceptors (Lipinski definition) is 6. The van der Waals surface area contributed by atoms with Crippen molar-refractivity contribution in [3.63, 3.8) is 0 Å². The van der Waals surface area contributed by atoms with Gasteiger partial charge in [-0.05, 0) is 12.1 Å². The second-order valence-electron chi connectivity index (χ2n) is 4.31. The summed E-state index contributed by atoms with van der Waals surface area (Å²) in [4.78, 5) is 22.1. The Hall–Kier alpha value is -1.41. The van der Waals surface area contributed by atoms with Gasteiger partial charge >= 0.3 is 0 Å². The molecule has 0 spiro atoms. The number of thioether (sulfide) groups is 2. The standard InChI is InChI=1S/C12H15N3O3S2/c13-10-5-8(1-2-11(10)15(17)18)12(16)14-6-9-7-19-3-4-20-9/h1-2,5,9H,3-4,6-7,13H2,(H,14,16). The van der Waals surface area contributed by atoms with E-state index < -0.39 is 4.92 Å². The van der Waals surface area contributed by atoms with Crippen molar-refractivity contribution >= 4 is 40.8 Å². The minimum atomic E-state index is -0.563. The van der Waals surface area contributed by atoms with Gasteiger partial charge < -0.3 is 11.1 Å². The van der Waals surface area contributed by atoms with E-state index in [2.05, 4.69) is 5.32 Å². The van der Waals surface area contributed by atoms with E-state index in [9.17, 15) is 14.9 Å². The minimum Gasteiger partial charge on any atom is -0.393 e. The largest absolute Gasteiger partial charge is 0.393 e. The highest BCUT2D eigenvalue weighted by Crippen LogP contribution is 2.24. The maximum absolute atomic E-state index is 12.0. The summed E-state index contributed by atoms with van der Waals surface area (Å²) < 4.78 is 0. The Morgan fingerprint density at radius 2 is 2.30 bits per heavy atom. The molecule has 1 aliphatic heterocycles. The topological polar surface area (TPSA) is 98.3 Å². The lowest BCUT2D eigenvalue weighted by Crippen LogP contribution is -2.33. The molecule has 6 nitrogen and oxygen atoms in total. The number of carbonyl (C=O) groups excluding carboxylic acids is 1. The first-order valence-corrected chi connectivity index (χ1v) is 8.29. The second-order valence-corrected chi connectivity index (χ2v) is 6.87. The molecule has 108 valence electrons. The van der Waals surface area contributed by atoms with Crippen LogP contribution in [0.3, 0.4) is 0 Å². The summed E-state index contributed by atoms with van der Waals surface area (Å²) in [5.41, 5.74) is 5.74. The van der Waals surface area contributed by atoms with Crippen LogP contribution in [0.2, 0.25) is 0 Å². The molecular weight excluding hydrogens is 298 g/mol. The van der Waals surface area contributed by atoms with Crippen LogP contribution in [0.15, 0.2) is 18.2 Å². The number of anilines is 1. The average molecular weight is 313 g/mol. The van der Waals surface area contributed by atoms with Crippen molar-refractivity contribution < 1.29 is 9.72 Å². The number of nitro groups is 1. The van der Waals surface area contributed by atoms with E-state index in [1.807, 2.05) is 23.5 Å². The molecule has 1 fully saturated rings. The van der Waals surface area contributed by atoms with Gasteiger partial charge in [0.1, 0.15) is 5.69 Å². The molecule has 0 aromatic heterocycles. The van der Waals surface area contributed by atoms with Crippen LogP contribution < -0.4 is 11.1 Å². The average Bonchev–Trinajstić information content (AvgIpc) is 2.45. The number of nitro benzene ring substituents is 1. The Morgan fingerprint density at radius 1 is 1.50 bits per heavy atom. The maximum Gasteiger partial charge on any atom is 0.292 e. The molecule has 1 aliphatic rings. The van der Waals surface area contributed by atoms with Crippen molar-refractivity contribution in [3.05, 3.63) is 33.9 Å². The Balaban J connectivity index is 1.95. The molecular formula is C12H15N3O3S2. The predicted octanol–water partition coefficient (Wildman–Crippen LogP) is 1.76. The molecule has 8 heteroatoms. The fourth-order valence-corrected chi connectivity index (χ4v) is 4.44. The highest BCUT2D eigenvalue weighted by atomic mass is 32.2. The van der Waals surface area contributed by atoms with Crippen molar-refractivity contribution in [2.75, 3.05) is 29.5 Å². The molecule has 0 bridgehead atoms. The van der Waals surface area contributed by atoms with Crippen molar-refractivity contribution in [1.82, 2.24) is 5.32 Å². The fourth-order valence-electron chi connectivity index (χ4n) is 1.83. The molecule has 1 aromatic carbocycles. The number of nitrogens with one attached hydrogen (secondary N) is 1. The van der Waals surface area contributed by atoms with Crippen molar-refractivity contribution in [2.24, 2.45) is 0 Å². The van der Waals surface area contributed by atoms with E-state index in [1.54, 1.807) is 0 Å². The third kappa shape index (κ3) is 3.80. The summed E-state index contributed by atoms with van der Waals surface area (Å²) in [5, 5.41) is 13.9. The first kappa shape index (κ1) is 15.0. The first-order valence-electron chi connectivity index (χ1n) is 6.09. The van der Waals surface area contributed by atoms with Crippen LogP contribution in [0, 0.1) is 10.1 Å². The van der Waals surface area contributed by atoms with Crippen LogP contribution in [0.25, 0.3) is 0 Å². The van der Waals surface area contributed by atoms with Crippen LogP contribution in [0.5, 0.6) is 0 Å². The van der Waals surface area contributed by atoms with Gasteiger partial charge in [0.25, 0.3) is 11.6 Å². The van der Waals surface area contributed by atoms with E-state index in [4.69, 9.17) is 5.73 Å². The van der Waals surface area contributed by atoms with Crippen LogP contribution in [0.4, 0.5) is 11.4 Å². The van der Waals surface area contributed by atoms with Gasteiger partial charge in [-0.25, -0.2) is 0 Å². The summed E-state index contributed by atoms with van der Waals surface area (Å²) >= 11 is 3.75. The van der Waals surface area contributed by atoms with Gasteiger partial charge in [0.15, 0.2) is 0 Å². The van der Waals surface area contributed by atoms with Gasteiger partial charge in [-0.1, -0.05) is 0 Å². The zero-order valence-electron chi connectivity index (χ0n) is 10.7. The minimum absolute atomic E-state index is 0.00486. The van der Waals surface area contributed by atoms with Crippen molar-refractivity contribution in [3.8, 4) is 0 Å². The van der Waals surface area contributed by atoms with Gasteiger partial charge in [-0.3, -0.25) is 14.9 Å². The lowest BCUT2D eigenvalue weighted by molar-refractivity contribution is -0.383. The number of carbonyl (C=O) groups is 1. The van der Waals surface area contributed by atoms with E-state index in [-0.39, 0.29) is 17.3 Å².